The molecule has 1 heterocycles. The van der Waals surface area contributed by atoms with Gasteiger partial charge in [-0.1, -0.05) is 15.9 Å². The first-order valence-corrected chi connectivity index (χ1v) is 6.45. The van der Waals surface area contributed by atoms with Crippen LogP contribution in [0.15, 0.2) is 34.9 Å². The maximum absolute atomic E-state index is 13.9. The van der Waals surface area contributed by atoms with E-state index in [4.69, 9.17) is 11.6 Å². The highest BCUT2D eigenvalue weighted by atomic mass is 79.9. The summed E-state index contributed by atoms with van der Waals surface area (Å²) in [6.07, 6.45) is 1.66. The van der Waals surface area contributed by atoms with Gasteiger partial charge in [0.1, 0.15) is 11.6 Å². The van der Waals surface area contributed by atoms with Gasteiger partial charge in [-0.25, -0.2) is 14.8 Å². The Bertz CT molecular complexity index is 552. The number of hydrogen-bond acceptors (Lipinski definition) is 4. The molecule has 2 rings (SSSR count). The predicted octanol–water partition coefficient (Wildman–Crippen LogP) is 2.43. The number of aromatic nitrogens is 1. The number of nitrogen functional groups attached to an aromatic ring is 1. The van der Waals surface area contributed by atoms with E-state index in [1.807, 2.05) is 13.0 Å². The van der Waals surface area contributed by atoms with Crippen molar-refractivity contribution in [3.63, 3.8) is 0 Å². The van der Waals surface area contributed by atoms with Crippen LogP contribution in [0.1, 0.15) is 22.7 Å². The van der Waals surface area contributed by atoms with E-state index in [0.717, 1.165) is 10.0 Å². The number of rotatable bonds is 3. The third-order valence-corrected chi connectivity index (χ3v) is 3.33. The Labute approximate surface area is 119 Å². The van der Waals surface area contributed by atoms with Gasteiger partial charge in [-0.05, 0) is 36.8 Å². The molecule has 0 aliphatic carbocycles. The van der Waals surface area contributed by atoms with Gasteiger partial charge in [0.2, 0.25) is 0 Å². The molecular formula is C13H14BrFN4. The largest absolute Gasteiger partial charge is 0.383 e. The number of benzene rings is 1. The van der Waals surface area contributed by atoms with E-state index in [1.165, 1.54) is 6.07 Å². The van der Waals surface area contributed by atoms with Crippen molar-refractivity contribution in [2.24, 2.45) is 5.84 Å². The summed E-state index contributed by atoms with van der Waals surface area (Å²) in [5.74, 6) is 5.53. The fraction of sp³-hybridized carbons (Fsp3) is 0.154. The summed E-state index contributed by atoms with van der Waals surface area (Å²) in [5.41, 5.74) is 10.4. The highest BCUT2D eigenvalue weighted by Crippen LogP contribution is 2.29. The van der Waals surface area contributed by atoms with Crippen molar-refractivity contribution in [2.75, 3.05) is 5.73 Å². The average molecular weight is 325 g/mol. The van der Waals surface area contributed by atoms with Crippen LogP contribution in [0, 0.1) is 12.7 Å². The van der Waals surface area contributed by atoms with Crippen molar-refractivity contribution in [1.29, 1.82) is 0 Å². The lowest BCUT2D eigenvalue weighted by Crippen LogP contribution is -2.30. The number of aryl methyl sites for hydroxylation is 1. The Morgan fingerprint density at radius 3 is 2.74 bits per heavy atom. The molecule has 0 radical (unpaired) electrons. The van der Waals surface area contributed by atoms with Gasteiger partial charge in [-0.3, -0.25) is 5.84 Å². The first-order chi connectivity index (χ1) is 9.02. The Kier molecular flexibility index (Phi) is 4.14. The smallest absolute Gasteiger partial charge is 0.128 e. The molecule has 6 heteroatoms. The van der Waals surface area contributed by atoms with Crippen molar-refractivity contribution in [3.05, 3.63) is 57.4 Å². The maximum Gasteiger partial charge on any atom is 0.128 e. The maximum atomic E-state index is 13.9. The monoisotopic (exact) mass is 324 g/mol. The fourth-order valence-electron chi connectivity index (χ4n) is 1.92. The van der Waals surface area contributed by atoms with E-state index in [1.54, 1.807) is 18.3 Å². The number of hydrogen-bond donors (Lipinski definition) is 3. The van der Waals surface area contributed by atoms with Crippen molar-refractivity contribution in [3.8, 4) is 0 Å². The highest BCUT2D eigenvalue weighted by molar-refractivity contribution is 9.10. The number of anilines is 1. The molecule has 0 bridgehead atoms. The minimum Gasteiger partial charge on any atom is -0.383 e. The zero-order valence-electron chi connectivity index (χ0n) is 10.3. The van der Waals surface area contributed by atoms with Crippen LogP contribution < -0.4 is 17.0 Å². The van der Waals surface area contributed by atoms with Crippen LogP contribution in [0.3, 0.4) is 0 Å². The number of hydrazine groups is 1. The molecule has 2 aromatic rings. The SMILES string of the molecule is Cc1cnc(N)c(C(NN)c2cc(Br)ccc2F)c1. The summed E-state index contributed by atoms with van der Waals surface area (Å²) in [6, 6.07) is 5.97. The molecule has 100 valence electrons. The second-order valence-electron chi connectivity index (χ2n) is 4.25. The van der Waals surface area contributed by atoms with Crippen LogP contribution in [0.25, 0.3) is 0 Å². The van der Waals surface area contributed by atoms with E-state index >= 15 is 0 Å². The number of nitrogens with two attached hydrogens (primary N) is 2. The fourth-order valence-corrected chi connectivity index (χ4v) is 2.30. The second kappa shape index (κ2) is 5.64. The van der Waals surface area contributed by atoms with E-state index in [9.17, 15) is 4.39 Å². The van der Waals surface area contributed by atoms with Crippen LogP contribution in [0.2, 0.25) is 0 Å². The summed E-state index contributed by atoms with van der Waals surface area (Å²) in [6.45, 7) is 1.89. The molecule has 19 heavy (non-hydrogen) atoms. The molecule has 0 aliphatic heterocycles. The van der Waals surface area contributed by atoms with Crippen LogP contribution in [-0.4, -0.2) is 4.98 Å². The quantitative estimate of drug-likeness (QED) is 0.598. The topological polar surface area (TPSA) is 77.0 Å². The van der Waals surface area contributed by atoms with Crippen molar-refractivity contribution in [1.82, 2.24) is 10.4 Å². The molecule has 4 nitrogen and oxygen atoms in total. The Balaban J connectivity index is 2.55. The van der Waals surface area contributed by atoms with Crippen molar-refractivity contribution >= 4 is 21.7 Å². The first-order valence-electron chi connectivity index (χ1n) is 5.66. The van der Waals surface area contributed by atoms with E-state index < -0.39 is 6.04 Å². The standard InChI is InChI=1S/C13H14BrFN4/c1-7-4-10(13(16)18-6-7)12(19-17)9-5-8(14)2-3-11(9)15/h2-6,12,19H,17H2,1H3,(H2,16,18). The predicted molar refractivity (Wildman–Crippen MR) is 76.7 cm³/mol. The molecule has 1 unspecified atom stereocenters. The van der Waals surface area contributed by atoms with E-state index in [2.05, 4.69) is 26.3 Å². The number of nitrogens with one attached hydrogen (secondary N) is 1. The van der Waals surface area contributed by atoms with Crippen LogP contribution in [0.4, 0.5) is 10.2 Å². The second-order valence-corrected chi connectivity index (χ2v) is 5.17. The van der Waals surface area contributed by atoms with E-state index in [0.29, 0.717) is 16.9 Å². The Morgan fingerprint density at radius 2 is 2.05 bits per heavy atom. The number of pyridine rings is 1. The molecule has 5 N–H and O–H groups in total. The molecule has 1 atom stereocenters. The lowest BCUT2D eigenvalue weighted by atomic mass is 9.98. The Morgan fingerprint density at radius 1 is 1.32 bits per heavy atom. The van der Waals surface area contributed by atoms with Crippen LogP contribution in [0.5, 0.6) is 0 Å². The van der Waals surface area contributed by atoms with Gasteiger partial charge in [0.15, 0.2) is 0 Å². The van der Waals surface area contributed by atoms with Gasteiger partial charge < -0.3 is 5.73 Å². The van der Waals surface area contributed by atoms with Crippen LogP contribution >= 0.6 is 15.9 Å². The normalized spacial score (nSPS) is 12.4. The van der Waals surface area contributed by atoms with E-state index in [-0.39, 0.29) is 5.82 Å². The first kappa shape index (κ1) is 13.9. The summed E-state index contributed by atoms with van der Waals surface area (Å²) >= 11 is 3.32. The number of nitrogens with zero attached hydrogens (tertiary/aromatic N) is 1. The molecule has 0 saturated carbocycles. The lowest BCUT2D eigenvalue weighted by molar-refractivity contribution is 0.559. The van der Waals surface area contributed by atoms with Gasteiger partial charge in [0.05, 0.1) is 6.04 Å². The minimum atomic E-state index is -0.551. The summed E-state index contributed by atoms with van der Waals surface area (Å²) in [4.78, 5) is 4.07. The average Bonchev–Trinajstić information content (AvgIpc) is 2.38. The zero-order valence-corrected chi connectivity index (χ0v) is 11.9. The molecule has 0 aliphatic rings. The molecule has 0 fully saturated rings. The minimum absolute atomic E-state index is 0.327. The van der Waals surface area contributed by atoms with Gasteiger partial charge in [0.25, 0.3) is 0 Å². The highest BCUT2D eigenvalue weighted by Gasteiger charge is 2.20. The van der Waals surface area contributed by atoms with Gasteiger partial charge in [-0.2, -0.15) is 0 Å². The summed E-state index contributed by atoms with van der Waals surface area (Å²) in [5, 5.41) is 0. The summed E-state index contributed by atoms with van der Waals surface area (Å²) in [7, 11) is 0. The zero-order chi connectivity index (χ0) is 14.0. The van der Waals surface area contributed by atoms with Gasteiger partial charge >= 0.3 is 0 Å². The summed E-state index contributed by atoms with van der Waals surface area (Å²) < 4.78 is 14.7. The van der Waals surface area contributed by atoms with Crippen molar-refractivity contribution in [2.45, 2.75) is 13.0 Å². The van der Waals surface area contributed by atoms with Crippen molar-refractivity contribution < 1.29 is 4.39 Å². The van der Waals surface area contributed by atoms with Gasteiger partial charge in [-0.15, -0.1) is 0 Å². The molecule has 1 aromatic heterocycles. The molecule has 0 saturated heterocycles. The van der Waals surface area contributed by atoms with Gasteiger partial charge in [0, 0.05) is 21.8 Å². The molecule has 0 amide bonds. The molecular weight excluding hydrogens is 311 g/mol. The Hall–Kier alpha value is -1.50. The molecule has 0 spiro atoms. The van der Waals surface area contributed by atoms with Crippen LogP contribution in [-0.2, 0) is 0 Å². The third-order valence-electron chi connectivity index (χ3n) is 2.83. The third kappa shape index (κ3) is 2.91. The number of halogens is 2. The lowest BCUT2D eigenvalue weighted by Gasteiger charge is -2.19. The molecule has 1 aromatic carbocycles.